The lowest BCUT2D eigenvalue weighted by atomic mass is 9.94. The third kappa shape index (κ3) is 1.85. The highest BCUT2D eigenvalue weighted by Crippen LogP contribution is 2.41. The number of rotatable bonds is 3. The lowest BCUT2D eigenvalue weighted by molar-refractivity contribution is -0.138. The molecule has 2 aliphatic rings. The summed E-state index contributed by atoms with van der Waals surface area (Å²) in [6.07, 6.45) is 6.21. The molecule has 0 spiro atoms. The van der Waals surface area contributed by atoms with Crippen LogP contribution in [0.15, 0.2) is 18.3 Å². The van der Waals surface area contributed by atoms with E-state index in [-0.39, 0.29) is 11.9 Å². The zero-order valence-electron chi connectivity index (χ0n) is 10.9. The monoisotopic (exact) mass is 247 g/mol. The number of hydrogen-bond donors (Lipinski definition) is 2. The molecule has 98 valence electrons. The minimum atomic E-state index is -0.671. The van der Waals surface area contributed by atoms with E-state index in [1.807, 2.05) is 24.1 Å². The molecule has 4 nitrogen and oxygen atoms in total. The van der Waals surface area contributed by atoms with Crippen LogP contribution in [-0.4, -0.2) is 27.9 Å². The Bertz CT molecular complexity index is 434. The van der Waals surface area contributed by atoms with E-state index >= 15 is 0 Å². The second-order valence-corrected chi connectivity index (χ2v) is 5.84. The van der Waals surface area contributed by atoms with Crippen LogP contribution < -0.4 is 5.73 Å². The third-order valence-corrected chi connectivity index (χ3v) is 4.38. The largest absolute Gasteiger partial charge is 0.363 e. The Morgan fingerprint density at radius 3 is 2.89 bits per heavy atom. The summed E-state index contributed by atoms with van der Waals surface area (Å²) in [6, 6.07) is 4.23. The fourth-order valence-electron chi connectivity index (χ4n) is 3.05. The van der Waals surface area contributed by atoms with Gasteiger partial charge >= 0.3 is 0 Å². The molecular weight excluding hydrogens is 226 g/mol. The second-order valence-electron chi connectivity index (χ2n) is 5.84. The van der Waals surface area contributed by atoms with Gasteiger partial charge in [0.05, 0.1) is 11.6 Å². The Morgan fingerprint density at radius 2 is 2.28 bits per heavy atom. The maximum absolute atomic E-state index is 12.6. The number of amides is 1. The highest BCUT2D eigenvalue weighted by molar-refractivity contribution is 5.87. The molecule has 2 fully saturated rings. The van der Waals surface area contributed by atoms with Crippen molar-refractivity contribution >= 4 is 5.91 Å². The van der Waals surface area contributed by atoms with Gasteiger partial charge in [-0.3, -0.25) is 4.79 Å². The first kappa shape index (κ1) is 11.8. The Labute approximate surface area is 108 Å². The maximum Gasteiger partial charge on any atom is 0.243 e. The summed E-state index contributed by atoms with van der Waals surface area (Å²) in [5.41, 5.74) is 6.72. The fourth-order valence-corrected chi connectivity index (χ4v) is 3.05. The summed E-state index contributed by atoms with van der Waals surface area (Å²) in [5, 5.41) is 0. The van der Waals surface area contributed by atoms with E-state index in [0.717, 1.165) is 37.9 Å². The maximum atomic E-state index is 12.6. The topological polar surface area (TPSA) is 62.1 Å². The Morgan fingerprint density at radius 1 is 1.50 bits per heavy atom. The van der Waals surface area contributed by atoms with E-state index in [4.69, 9.17) is 5.73 Å². The number of likely N-dealkylation sites (tertiary alicyclic amines) is 1. The second kappa shape index (κ2) is 4.12. The van der Waals surface area contributed by atoms with Gasteiger partial charge in [-0.1, -0.05) is 0 Å². The summed E-state index contributed by atoms with van der Waals surface area (Å²) in [7, 11) is 0. The molecule has 1 aliphatic heterocycles. The van der Waals surface area contributed by atoms with Crippen molar-refractivity contribution in [3.63, 3.8) is 0 Å². The average molecular weight is 247 g/mol. The molecule has 1 saturated heterocycles. The molecule has 1 saturated carbocycles. The van der Waals surface area contributed by atoms with Crippen LogP contribution in [0.1, 0.15) is 44.3 Å². The van der Waals surface area contributed by atoms with E-state index in [1.54, 1.807) is 0 Å². The standard InChI is InChI=1S/C14H21N3O/c1-14(15,10-6-7-10)13(18)17-9-3-5-12(17)11-4-2-8-16-11/h2,4,8,10,12,16H,3,5-7,9,15H2,1H3. The number of carbonyl (C=O) groups excluding carboxylic acids is 1. The first-order chi connectivity index (χ1) is 8.60. The number of aromatic amines is 1. The fraction of sp³-hybridized carbons (Fsp3) is 0.643. The molecule has 1 amide bonds. The summed E-state index contributed by atoms with van der Waals surface area (Å²) < 4.78 is 0. The van der Waals surface area contributed by atoms with Gasteiger partial charge in [0.1, 0.15) is 0 Å². The predicted octanol–water partition coefficient (Wildman–Crippen LogP) is 1.81. The van der Waals surface area contributed by atoms with Gasteiger partial charge < -0.3 is 15.6 Å². The molecule has 0 radical (unpaired) electrons. The Hall–Kier alpha value is -1.29. The van der Waals surface area contributed by atoms with Crippen molar-refractivity contribution in [3.05, 3.63) is 24.0 Å². The van der Waals surface area contributed by atoms with Crippen LogP contribution in [0.25, 0.3) is 0 Å². The first-order valence-corrected chi connectivity index (χ1v) is 6.84. The van der Waals surface area contributed by atoms with Crippen LogP contribution in [0.3, 0.4) is 0 Å². The molecule has 1 aliphatic carbocycles. The summed E-state index contributed by atoms with van der Waals surface area (Å²) >= 11 is 0. The highest BCUT2D eigenvalue weighted by Gasteiger charge is 2.48. The van der Waals surface area contributed by atoms with E-state index < -0.39 is 5.54 Å². The number of aromatic nitrogens is 1. The van der Waals surface area contributed by atoms with Crippen LogP contribution >= 0.6 is 0 Å². The van der Waals surface area contributed by atoms with Crippen molar-refractivity contribution in [1.82, 2.24) is 9.88 Å². The molecule has 4 heteroatoms. The zero-order valence-corrected chi connectivity index (χ0v) is 10.9. The molecule has 0 bridgehead atoms. The van der Waals surface area contributed by atoms with Gasteiger partial charge in [-0.25, -0.2) is 0 Å². The number of H-pyrrole nitrogens is 1. The van der Waals surface area contributed by atoms with Crippen LogP contribution in [0.2, 0.25) is 0 Å². The SMILES string of the molecule is CC(N)(C(=O)N1CCCC1c1ccc[nH]1)C1CC1. The van der Waals surface area contributed by atoms with Crippen molar-refractivity contribution in [2.24, 2.45) is 11.7 Å². The quantitative estimate of drug-likeness (QED) is 0.855. The van der Waals surface area contributed by atoms with Gasteiger partial charge in [-0.15, -0.1) is 0 Å². The average Bonchev–Trinajstić information content (AvgIpc) is 2.91. The van der Waals surface area contributed by atoms with Gasteiger partial charge in [0.2, 0.25) is 5.91 Å². The molecule has 3 N–H and O–H groups in total. The Kier molecular flexibility index (Phi) is 2.70. The molecule has 2 heterocycles. The molecule has 2 unspecified atom stereocenters. The molecule has 2 atom stereocenters. The van der Waals surface area contributed by atoms with Gasteiger partial charge in [0, 0.05) is 18.4 Å². The number of nitrogens with zero attached hydrogens (tertiary/aromatic N) is 1. The van der Waals surface area contributed by atoms with E-state index in [0.29, 0.717) is 5.92 Å². The molecular formula is C14H21N3O. The van der Waals surface area contributed by atoms with Crippen molar-refractivity contribution in [2.45, 2.75) is 44.2 Å². The van der Waals surface area contributed by atoms with Gasteiger partial charge in [0.15, 0.2) is 0 Å². The molecule has 0 aromatic carbocycles. The molecule has 18 heavy (non-hydrogen) atoms. The Balaban J connectivity index is 1.80. The summed E-state index contributed by atoms with van der Waals surface area (Å²) in [5.74, 6) is 0.511. The van der Waals surface area contributed by atoms with Crippen LogP contribution in [0.5, 0.6) is 0 Å². The highest BCUT2D eigenvalue weighted by atomic mass is 16.2. The van der Waals surface area contributed by atoms with Crippen LogP contribution in [-0.2, 0) is 4.79 Å². The first-order valence-electron chi connectivity index (χ1n) is 6.84. The van der Waals surface area contributed by atoms with Crippen LogP contribution in [0, 0.1) is 5.92 Å². The van der Waals surface area contributed by atoms with Crippen molar-refractivity contribution in [2.75, 3.05) is 6.54 Å². The van der Waals surface area contributed by atoms with Crippen molar-refractivity contribution in [1.29, 1.82) is 0 Å². The normalized spacial score (nSPS) is 27.2. The van der Waals surface area contributed by atoms with Crippen LogP contribution in [0.4, 0.5) is 0 Å². The van der Waals surface area contributed by atoms with Gasteiger partial charge in [0.25, 0.3) is 0 Å². The molecule has 3 rings (SSSR count). The lowest BCUT2D eigenvalue weighted by Gasteiger charge is -2.32. The van der Waals surface area contributed by atoms with Crippen molar-refractivity contribution < 1.29 is 4.79 Å². The number of nitrogens with two attached hydrogens (primary N) is 1. The summed E-state index contributed by atoms with van der Waals surface area (Å²) in [4.78, 5) is 17.8. The smallest absolute Gasteiger partial charge is 0.243 e. The van der Waals surface area contributed by atoms with E-state index in [2.05, 4.69) is 11.1 Å². The van der Waals surface area contributed by atoms with Gasteiger partial charge in [-0.05, 0) is 50.7 Å². The minimum Gasteiger partial charge on any atom is -0.363 e. The number of hydrogen-bond acceptors (Lipinski definition) is 2. The number of carbonyl (C=O) groups is 1. The van der Waals surface area contributed by atoms with Gasteiger partial charge in [-0.2, -0.15) is 0 Å². The summed E-state index contributed by atoms with van der Waals surface area (Å²) in [6.45, 7) is 2.74. The number of nitrogens with one attached hydrogen (secondary N) is 1. The zero-order chi connectivity index (χ0) is 12.8. The lowest BCUT2D eigenvalue weighted by Crippen LogP contribution is -2.54. The van der Waals surface area contributed by atoms with E-state index in [9.17, 15) is 4.79 Å². The molecule has 1 aromatic heterocycles. The predicted molar refractivity (Wildman–Crippen MR) is 69.8 cm³/mol. The minimum absolute atomic E-state index is 0.127. The van der Waals surface area contributed by atoms with E-state index in [1.165, 1.54) is 0 Å². The third-order valence-electron chi connectivity index (χ3n) is 4.38. The molecule has 1 aromatic rings. The van der Waals surface area contributed by atoms with Crippen molar-refractivity contribution in [3.8, 4) is 0 Å².